The number of carbonyl (C=O) groups is 2. The summed E-state index contributed by atoms with van der Waals surface area (Å²) >= 11 is 1.19. The van der Waals surface area contributed by atoms with Crippen LogP contribution in [-0.2, 0) is 4.79 Å². The fourth-order valence-electron chi connectivity index (χ4n) is 1.36. The second-order valence-electron chi connectivity index (χ2n) is 5.45. The van der Waals surface area contributed by atoms with Crippen LogP contribution in [0.3, 0.4) is 0 Å². The number of hydrogen-bond donors (Lipinski definition) is 2. The zero-order valence-corrected chi connectivity index (χ0v) is 13.2. The van der Waals surface area contributed by atoms with Crippen LogP contribution >= 0.6 is 11.8 Å². The van der Waals surface area contributed by atoms with Gasteiger partial charge in [-0.05, 0) is 39.8 Å². The molecule has 0 spiro atoms. The fourth-order valence-corrected chi connectivity index (χ4v) is 2.21. The van der Waals surface area contributed by atoms with Crippen molar-refractivity contribution in [1.82, 2.24) is 15.6 Å². The molecule has 0 saturated heterocycles. The number of thioether (sulfide) groups is 1. The van der Waals surface area contributed by atoms with Crippen molar-refractivity contribution in [3.8, 4) is 6.07 Å². The Labute approximate surface area is 128 Å². The highest BCUT2D eigenvalue weighted by molar-refractivity contribution is 8.00. The van der Waals surface area contributed by atoms with E-state index >= 15 is 0 Å². The zero-order valence-electron chi connectivity index (χ0n) is 12.4. The van der Waals surface area contributed by atoms with Gasteiger partial charge in [-0.2, -0.15) is 5.26 Å². The van der Waals surface area contributed by atoms with E-state index in [-0.39, 0.29) is 0 Å². The van der Waals surface area contributed by atoms with Gasteiger partial charge in [0.15, 0.2) is 0 Å². The molecule has 3 amide bonds. The predicted octanol–water partition coefficient (Wildman–Crippen LogP) is 2.06. The smallest absolute Gasteiger partial charge is 0.321 e. The normalized spacial score (nSPS) is 12.1. The maximum absolute atomic E-state index is 11.9. The number of nitrogens with one attached hydrogen (secondary N) is 2. The lowest BCUT2D eigenvalue weighted by Gasteiger charge is -2.21. The van der Waals surface area contributed by atoms with Crippen LogP contribution in [0, 0.1) is 11.3 Å². The topological polar surface area (TPSA) is 94.9 Å². The van der Waals surface area contributed by atoms with E-state index in [1.807, 2.05) is 26.8 Å². The molecule has 1 aromatic heterocycles. The van der Waals surface area contributed by atoms with Crippen LogP contribution in [0.1, 0.15) is 33.3 Å². The number of hydrogen-bond acceptors (Lipinski definition) is 5. The number of nitrogens with zero attached hydrogens (tertiary/aromatic N) is 2. The van der Waals surface area contributed by atoms with Gasteiger partial charge in [-0.1, -0.05) is 11.8 Å². The van der Waals surface area contributed by atoms with Crippen LogP contribution in [0.5, 0.6) is 0 Å². The fraction of sp³-hybridized carbons (Fsp3) is 0.429. The Hall–Kier alpha value is -2.07. The summed E-state index contributed by atoms with van der Waals surface area (Å²) in [6, 6.07) is 4.67. The van der Waals surface area contributed by atoms with Gasteiger partial charge in [0.05, 0.1) is 21.9 Å². The second kappa shape index (κ2) is 7.09. The molecule has 7 heteroatoms. The number of rotatable bonds is 3. The number of amides is 3. The van der Waals surface area contributed by atoms with Gasteiger partial charge in [-0.25, -0.2) is 9.78 Å². The molecule has 0 unspecified atom stereocenters. The lowest BCUT2D eigenvalue weighted by Crippen LogP contribution is -2.49. The van der Waals surface area contributed by atoms with E-state index in [1.165, 1.54) is 18.0 Å². The molecule has 0 aliphatic rings. The van der Waals surface area contributed by atoms with E-state index in [0.717, 1.165) is 0 Å². The van der Waals surface area contributed by atoms with Crippen molar-refractivity contribution in [2.45, 2.75) is 43.5 Å². The van der Waals surface area contributed by atoms with E-state index in [4.69, 9.17) is 5.26 Å². The second-order valence-corrected chi connectivity index (χ2v) is 6.81. The summed E-state index contributed by atoms with van der Waals surface area (Å²) in [4.78, 5) is 27.6. The lowest BCUT2D eigenvalue weighted by atomic mass is 10.1. The largest absolute Gasteiger partial charge is 0.333 e. The van der Waals surface area contributed by atoms with Crippen LogP contribution in [0.2, 0.25) is 0 Å². The number of nitriles is 1. The van der Waals surface area contributed by atoms with Crippen molar-refractivity contribution in [3.05, 3.63) is 23.9 Å². The molecule has 0 radical (unpaired) electrons. The predicted molar refractivity (Wildman–Crippen MR) is 80.7 cm³/mol. The Bertz CT molecular complexity index is 575. The van der Waals surface area contributed by atoms with E-state index in [1.54, 1.807) is 19.1 Å². The van der Waals surface area contributed by atoms with Gasteiger partial charge in [0, 0.05) is 11.7 Å². The third-order valence-electron chi connectivity index (χ3n) is 2.26. The molecule has 0 bridgehead atoms. The van der Waals surface area contributed by atoms with Crippen molar-refractivity contribution < 1.29 is 9.59 Å². The summed E-state index contributed by atoms with van der Waals surface area (Å²) in [5.41, 5.74) is 0.0641. The van der Waals surface area contributed by atoms with Gasteiger partial charge >= 0.3 is 6.03 Å². The van der Waals surface area contributed by atoms with E-state index in [0.29, 0.717) is 10.6 Å². The molecule has 1 heterocycles. The highest BCUT2D eigenvalue weighted by atomic mass is 32.2. The molecule has 0 aromatic carbocycles. The quantitative estimate of drug-likeness (QED) is 0.833. The van der Waals surface area contributed by atoms with Crippen LogP contribution in [0.4, 0.5) is 4.79 Å². The van der Waals surface area contributed by atoms with Crippen molar-refractivity contribution in [2.24, 2.45) is 0 Å². The molecular weight excluding hydrogens is 288 g/mol. The molecule has 2 N–H and O–H groups in total. The third-order valence-corrected chi connectivity index (χ3v) is 3.29. The SMILES string of the molecule is C[C@H](Sc1cc(C#N)ccn1)C(=O)NC(=O)NC(C)(C)C. The Morgan fingerprint density at radius 2 is 2.10 bits per heavy atom. The third kappa shape index (κ3) is 6.27. The van der Waals surface area contributed by atoms with Crippen molar-refractivity contribution in [3.63, 3.8) is 0 Å². The molecule has 0 aliphatic carbocycles. The van der Waals surface area contributed by atoms with Crippen LogP contribution in [0.15, 0.2) is 23.4 Å². The maximum atomic E-state index is 11.9. The Morgan fingerprint density at radius 1 is 1.43 bits per heavy atom. The molecule has 0 saturated carbocycles. The van der Waals surface area contributed by atoms with Gasteiger partial charge < -0.3 is 5.32 Å². The van der Waals surface area contributed by atoms with Gasteiger partial charge in [0.1, 0.15) is 0 Å². The summed E-state index contributed by atoms with van der Waals surface area (Å²) in [6.07, 6.45) is 1.51. The Balaban J connectivity index is 2.59. The molecule has 1 rings (SSSR count). The summed E-state index contributed by atoms with van der Waals surface area (Å²) in [5, 5.41) is 13.8. The van der Waals surface area contributed by atoms with Crippen molar-refractivity contribution >= 4 is 23.7 Å². The molecule has 0 aliphatic heterocycles. The highest BCUT2D eigenvalue weighted by Gasteiger charge is 2.20. The van der Waals surface area contributed by atoms with Crippen LogP contribution in [0.25, 0.3) is 0 Å². The number of urea groups is 1. The number of imide groups is 1. The van der Waals surface area contributed by atoms with E-state index < -0.39 is 22.7 Å². The minimum atomic E-state index is -0.529. The number of aromatic nitrogens is 1. The monoisotopic (exact) mass is 306 g/mol. The zero-order chi connectivity index (χ0) is 16.0. The summed E-state index contributed by atoms with van der Waals surface area (Å²) < 4.78 is 0. The molecule has 0 fully saturated rings. The Kier molecular flexibility index (Phi) is 5.73. The molecular formula is C14H18N4O2S. The van der Waals surface area contributed by atoms with Gasteiger partial charge in [-0.3, -0.25) is 10.1 Å². The van der Waals surface area contributed by atoms with Gasteiger partial charge in [0.2, 0.25) is 5.91 Å². The molecule has 1 atom stereocenters. The first-order valence-electron chi connectivity index (χ1n) is 6.37. The standard InChI is InChI=1S/C14H18N4O2S/c1-9(12(19)17-13(20)18-14(2,3)4)21-11-7-10(8-15)5-6-16-11/h5-7,9H,1-4H3,(H2,17,18,19,20)/t9-/m0/s1. The Morgan fingerprint density at radius 3 is 2.67 bits per heavy atom. The molecule has 1 aromatic rings. The average molecular weight is 306 g/mol. The first-order chi connectivity index (χ1) is 9.71. The van der Waals surface area contributed by atoms with Crippen LogP contribution < -0.4 is 10.6 Å². The minimum Gasteiger partial charge on any atom is -0.333 e. The van der Waals surface area contributed by atoms with E-state index in [9.17, 15) is 9.59 Å². The minimum absolute atomic E-state index is 0.411. The molecule has 21 heavy (non-hydrogen) atoms. The van der Waals surface area contributed by atoms with Gasteiger partial charge in [-0.15, -0.1) is 0 Å². The average Bonchev–Trinajstić information content (AvgIpc) is 2.36. The summed E-state index contributed by atoms with van der Waals surface area (Å²) in [6.45, 7) is 7.15. The van der Waals surface area contributed by atoms with Gasteiger partial charge in [0.25, 0.3) is 0 Å². The van der Waals surface area contributed by atoms with E-state index in [2.05, 4.69) is 15.6 Å². The van der Waals surface area contributed by atoms with Crippen molar-refractivity contribution in [2.75, 3.05) is 0 Å². The summed E-state index contributed by atoms with van der Waals surface area (Å²) in [7, 11) is 0. The summed E-state index contributed by atoms with van der Waals surface area (Å²) in [5.74, 6) is -0.411. The lowest BCUT2D eigenvalue weighted by molar-refractivity contribution is -0.119. The first kappa shape index (κ1) is 17.0. The van der Waals surface area contributed by atoms with Crippen molar-refractivity contribution in [1.29, 1.82) is 5.26 Å². The number of pyridine rings is 1. The molecule has 112 valence electrons. The first-order valence-corrected chi connectivity index (χ1v) is 7.25. The maximum Gasteiger partial charge on any atom is 0.321 e. The highest BCUT2D eigenvalue weighted by Crippen LogP contribution is 2.21. The van der Waals surface area contributed by atoms with Crippen LogP contribution in [-0.4, -0.2) is 27.7 Å². The molecule has 6 nitrogen and oxygen atoms in total. The number of carbonyl (C=O) groups excluding carboxylic acids is 2.